The van der Waals surface area contributed by atoms with Crippen LogP contribution in [0.5, 0.6) is 0 Å². The topological polar surface area (TPSA) is 63.3 Å². The second-order valence-corrected chi connectivity index (χ2v) is 5.05. The third-order valence-corrected chi connectivity index (χ3v) is 3.48. The Hall–Kier alpha value is -1.62. The second-order valence-electron chi connectivity index (χ2n) is 4.25. The standard InChI is InChI=1S/C13H12BrNO3/c1-6-4-7(2)9(8(3)5-6)12-10(14)11(13(16)17)15-18-12/h4-5H,1-3H3,(H,16,17). The zero-order valence-electron chi connectivity index (χ0n) is 10.2. The Labute approximate surface area is 113 Å². The van der Waals surface area contributed by atoms with Crippen LogP contribution in [0.1, 0.15) is 27.2 Å². The minimum absolute atomic E-state index is 0.107. The molecule has 0 fully saturated rings. The lowest BCUT2D eigenvalue weighted by molar-refractivity contribution is 0.0685. The largest absolute Gasteiger partial charge is 0.476 e. The minimum Gasteiger partial charge on any atom is -0.476 e. The van der Waals surface area contributed by atoms with Gasteiger partial charge < -0.3 is 9.63 Å². The number of aromatic carboxylic acids is 1. The smallest absolute Gasteiger partial charge is 0.359 e. The molecule has 1 aromatic heterocycles. The van der Waals surface area contributed by atoms with Gasteiger partial charge in [-0.25, -0.2) is 4.79 Å². The van der Waals surface area contributed by atoms with Crippen LogP contribution in [0.3, 0.4) is 0 Å². The van der Waals surface area contributed by atoms with Crippen LogP contribution in [0.4, 0.5) is 0 Å². The van der Waals surface area contributed by atoms with Crippen LogP contribution in [-0.2, 0) is 0 Å². The Kier molecular flexibility index (Phi) is 3.26. The molecular weight excluding hydrogens is 298 g/mol. The molecule has 0 atom stereocenters. The van der Waals surface area contributed by atoms with Gasteiger partial charge in [-0.2, -0.15) is 0 Å². The molecule has 0 aliphatic heterocycles. The molecule has 0 bridgehead atoms. The molecule has 94 valence electrons. The Morgan fingerprint density at radius 1 is 1.28 bits per heavy atom. The van der Waals surface area contributed by atoms with Crippen LogP contribution in [0.25, 0.3) is 11.3 Å². The van der Waals surface area contributed by atoms with Gasteiger partial charge in [0, 0.05) is 5.56 Å². The average Bonchev–Trinajstić information content (AvgIpc) is 2.59. The van der Waals surface area contributed by atoms with Crippen LogP contribution < -0.4 is 0 Å². The highest BCUT2D eigenvalue weighted by atomic mass is 79.9. The van der Waals surface area contributed by atoms with Gasteiger partial charge in [-0.1, -0.05) is 22.9 Å². The summed E-state index contributed by atoms with van der Waals surface area (Å²) in [7, 11) is 0. The lowest BCUT2D eigenvalue weighted by Crippen LogP contribution is -1.97. The number of carboxylic acid groups (broad SMARTS) is 1. The van der Waals surface area contributed by atoms with E-state index in [4.69, 9.17) is 9.63 Å². The van der Waals surface area contributed by atoms with E-state index in [-0.39, 0.29) is 5.69 Å². The van der Waals surface area contributed by atoms with E-state index in [1.54, 1.807) is 0 Å². The number of hydrogen-bond acceptors (Lipinski definition) is 3. The van der Waals surface area contributed by atoms with Crippen molar-refractivity contribution in [3.05, 3.63) is 39.0 Å². The quantitative estimate of drug-likeness (QED) is 0.918. The average molecular weight is 310 g/mol. The van der Waals surface area contributed by atoms with Crippen LogP contribution in [0.2, 0.25) is 0 Å². The van der Waals surface area contributed by atoms with Crippen LogP contribution in [-0.4, -0.2) is 16.2 Å². The van der Waals surface area contributed by atoms with Crippen molar-refractivity contribution in [3.8, 4) is 11.3 Å². The number of benzene rings is 1. The molecule has 2 aromatic rings. The molecule has 0 spiro atoms. The van der Waals surface area contributed by atoms with Crippen molar-refractivity contribution in [2.45, 2.75) is 20.8 Å². The molecule has 0 aliphatic carbocycles. The van der Waals surface area contributed by atoms with Crippen molar-refractivity contribution in [2.75, 3.05) is 0 Å². The fourth-order valence-corrected chi connectivity index (χ4v) is 2.62. The first-order valence-corrected chi connectivity index (χ1v) is 6.17. The molecule has 0 unspecified atom stereocenters. The second kappa shape index (κ2) is 4.57. The zero-order chi connectivity index (χ0) is 13.4. The molecule has 1 aromatic carbocycles. The van der Waals surface area contributed by atoms with E-state index in [0.717, 1.165) is 22.3 Å². The maximum atomic E-state index is 10.9. The number of hydrogen-bond donors (Lipinski definition) is 1. The van der Waals surface area contributed by atoms with Gasteiger partial charge in [0.2, 0.25) is 5.69 Å². The number of halogens is 1. The summed E-state index contributed by atoms with van der Waals surface area (Å²) in [4.78, 5) is 10.9. The predicted molar refractivity (Wildman–Crippen MR) is 70.8 cm³/mol. The van der Waals surface area contributed by atoms with Gasteiger partial charge in [0.25, 0.3) is 0 Å². The Morgan fingerprint density at radius 2 is 1.83 bits per heavy atom. The Morgan fingerprint density at radius 3 is 2.28 bits per heavy atom. The van der Waals surface area contributed by atoms with Crippen LogP contribution >= 0.6 is 15.9 Å². The first-order valence-electron chi connectivity index (χ1n) is 5.38. The summed E-state index contributed by atoms with van der Waals surface area (Å²) >= 11 is 3.24. The van der Waals surface area contributed by atoms with E-state index >= 15 is 0 Å². The molecule has 1 N–H and O–H groups in total. The van der Waals surface area contributed by atoms with E-state index in [2.05, 4.69) is 21.1 Å². The molecule has 0 saturated carbocycles. The van der Waals surface area contributed by atoms with Crippen molar-refractivity contribution in [3.63, 3.8) is 0 Å². The van der Waals surface area contributed by atoms with Crippen molar-refractivity contribution in [2.24, 2.45) is 0 Å². The maximum absolute atomic E-state index is 10.9. The summed E-state index contributed by atoms with van der Waals surface area (Å²) in [5.41, 5.74) is 3.99. The van der Waals surface area contributed by atoms with E-state index in [9.17, 15) is 4.79 Å². The molecular formula is C13H12BrNO3. The molecule has 1 heterocycles. The van der Waals surface area contributed by atoms with Gasteiger partial charge >= 0.3 is 5.97 Å². The van der Waals surface area contributed by atoms with Gasteiger partial charge in [-0.3, -0.25) is 0 Å². The van der Waals surface area contributed by atoms with Gasteiger partial charge in [0.1, 0.15) is 4.47 Å². The van der Waals surface area contributed by atoms with Crippen molar-refractivity contribution in [1.82, 2.24) is 5.16 Å². The fraction of sp³-hybridized carbons (Fsp3) is 0.231. The van der Waals surface area contributed by atoms with E-state index in [0.29, 0.717) is 10.2 Å². The highest BCUT2D eigenvalue weighted by Gasteiger charge is 2.22. The van der Waals surface area contributed by atoms with Crippen molar-refractivity contribution < 1.29 is 14.4 Å². The summed E-state index contributed by atoms with van der Waals surface area (Å²) in [6.45, 7) is 5.94. The molecule has 2 rings (SSSR count). The summed E-state index contributed by atoms with van der Waals surface area (Å²) in [5.74, 6) is -0.651. The molecule has 4 nitrogen and oxygen atoms in total. The first kappa shape index (κ1) is 12.8. The number of carbonyl (C=O) groups is 1. The van der Waals surface area contributed by atoms with Gasteiger partial charge in [-0.15, -0.1) is 0 Å². The van der Waals surface area contributed by atoms with E-state index in [1.165, 1.54) is 0 Å². The minimum atomic E-state index is -1.11. The Bertz CT molecular complexity index is 608. The molecule has 0 saturated heterocycles. The first-order chi connectivity index (χ1) is 8.41. The number of rotatable bonds is 2. The van der Waals surface area contributed by atoms with Gasteiger partial charge in [0.15, 0.2) is 5.76 Å². The highest BCUT2D eigenvalue weighted by molar-refractivity contribution is 9.10. The molecule has 18 heavy (non-hydrogen) atoms. The van der Waals surface area contributed by atoms with Gasteiger partial charge in [-0.05, 0) is 47.8 Å². The monoisotopic (exact) mass is 309 g/mol. The fourth-order valence-electron chi connectivity index (χ4n) is 2.11. The third-order valence-electron chi connectivity index (χ3n) is 2.74. The van der Waals surface area contributed by atoms with Crippen LogP contribution in [0.15, 0.2) is 21.1 Å². The molecule has 0 amide bonds. The maximum Gasteiger partial charge on any atom is 0.359 e. The van der Waals surface area contributed by atoms with Crippen LogP contribution in [0, 0.1) is 20.8 Å². The molecule has 5 heteroatoms. The van der Waals surface area contributed by atoms with Crippen molar-refractivity contribution >= 4 is 21.9 Å². The summed E-state index contributed by atoms with van der Waals surface area (Å²) in [6.07, 6.45) is 0. The Balaban J connectivity index is 2.67. The number of carboxylic acids is 1. The van der Waals surface area contributed by atoms with Crippen molar-refractivity contribution in [1.29, 1.82) is 0 Å². The van der Waals surface area contributed by atoms with E-state index in [1.807, 2.05) is 32.9 Å². The lowest BCUT2D eigenvalue weighted by atomic mass is 9.98. The normalized spacial score (nSPS) is 10.7. The molecule has 0 radical (unpaired) electrons. The predicted octanol–water partition coefficient (Wildman–Crippen LogP) is 3.73. The summed E-state index contributed by atoms with van der Waals surface area (Å²) in [6, 6.07) is 4.05. The summed E-state index contributed by atoms with van der Waals surface area (Å²) < 4.78 is 5.55. The zero-order valence-corrected chi connectivity index (χ0v) is 11.8. The third kappa shape index (κ3) is 2.06. The van der Waals surface area contributed by atoms with E-state index < -0.39 is 5.97 Å². The lowest BCUT2D eigenvalue weighted by Gasteiger charge is -2.08. The number of nitrogens with zero attached hydrogens (tertiary/aromatic N) is 1. The summed E-state index contributed by atoms with van der Waals surface area (Å²) in [5, 5.41) is 12.5. The van der Waals surface area contributed by atoms with Gasteiger partial charge in [0.05, 0.1) is 0 Å². The number of aromatic nitrogens is 1. The number of aryl methyl sites for hydroxylation is 3. The molecule has 0 aliphatic rings. The SMILES string of the molecule is Cc1cc(C)c(-c2onc(C(=O)O)c2Br)c(C)c1. The highest BCUT2D eigenvalue weighted by Crippen LogP contribution is 2.35.